The summed E-state index contributed by atoms with van der Waals surface area (Å²) in [7, 11) is 0. The quantitative estimate of drug-likeness (QED) is 0.326. The van der Waals surface area contributed by atoms with Crippen LogP contribution >= 0.6 is 27.5 Å². The third-order valence-corrected chi connectivity index (χ3v) is 4.98. The molecule has 29 heavy (non-hydrogen) atoms. The molecule has 0 unspecified atom stereocenters. The van der Waals surface area contributed by atoms with E-state index in [1.54, 1.807) is 36.5 Å². The lowest BCUT2D eigenvalue weighted by Gasteiger charge is -2.08. The molecule has 0 aliphatic carbocycles. The molecule has 0 saturated carbocycles. The van der Waals surface area contributed by atoms with Gasteiger partial charge in [0, 0.05) is 16.3 Å². The van der Waals surface area contributed by atoms with Crippen LogP contribution in [0.5, 0.6) is 11.5 Å². The first kappa shape index (κ1) is 19.5. The number of oxazole rings is 1. The number of ether oxygens (including phenoxy) is 1. The zero-order chi connectivity index (χ0) is 20.4. The summed E-state index contributed by atoms with van der Waals surface area (Å²) in [6, 6.07) is 16.3. The number of rotatable bonds is 5. The van der Waals surface area contributed by atoms with Gasteiger partial charge in [0.15, 0.2) is 17.1 Å². The molecule has 0 atom stereocenters. The van der Waals surface area contributed by atoms with Crippen molar-refractivity contribution in [3.8, 4) is 23.0 Å². The summed E-state index contributed by atoms with van der Waals surface area (Å²) in [5.41, 5.74) is 3.26. The monoisotopic (exact) mass is 470 g/mol. The molecule has 1 N–H and O–H groups in total. The Morgan fingerprint density at radius 2 is 2.03 bits per heavy atom. The molecule has 0 fully saturated rings. The molecule has 0 radical (unpaired) electrons. The van der Waals surface area contributed by atoms with Crippen molar-refractivity contribution in [2.75, 3.05) is 6.61 Å². The Bertz CT molecular complexity index is 1190. The normalized spacial score (nSPS) is 11.4. The Morgan fingerprint density at radius 3 is 2.83 bits per heavy atom. The highest BCUT2D eigenvalue weighted by Gasteiger charge is 2.13. The molecule has 1 aromatic heterocycles. The van der Waals surface area contributed by atoms with Crippen molar-refractivity contribution in [1.29, 1.82) is 0 Å². The van der Waals surface area contributed by atoms with Gasteiger partial charge in [0.25, 0.3) is 0 Å². The van der Waals surface area contributed by atoms with E-state index in [0.29, 0.717) is 45.7 Å². The van der Waals surface area contributed by atoms with Crippen LogP contribution in [0.2, 0.25) is 5.02 Å². The fourth-order valence-electron chi connectivity index (χ4n) is 2.85. The Morgan fingerprint density at radius 1 is 1.21 bits per heavy atom. The highest BCUT2D eigenvalue weighted by Crippen LogP contribution is 2.35. The number of hydrogen-bond donors (Lipinski definition) is 1. The minimum atomic E-state index is 0.0342. The van der Waals surface area contributed by atoms with Crippen LogP contribution in [0.15, 0.2) is 68.5 Å². The Labute approximate surface area is 180 Å². The van der Waals surface area contributed by atoms with Gasteiger partial charge in [0.1, 0.15) is 5.52 Å². The highest BCUT2D eigenvalue weighted by molar-refractivity contribution is 9.10. The number of aromatic nitrogens is 1. The topological polar surface area (TPSA) is 67.9 Å². The Balaban J connectivity index is 1.69. The molecule has 0 spiro atoms. The molecule has 4 aromatic rings. The predicted molar refractivity (Wildman–Crippen MR) is 119 cm³/mol. The average molecular weight is 472 g/mol. The van der Waals surface area contributed by atoms with E-state index in [2.05, 4.69) is 25.9 Å². The summed E-state index contributed by atoms with van der Waals surface area (Å²) in [5.74, 6) is 0.857. The van der Waals surface area contributed by atoms with Crippen LogP contribution in [0.3, 0.4) is 0 Å². The van der Waals surface area contributed by atoms with Gasteiger partial charge in [-0.3, -0.25) is 4.99 Å². The molecule has 0 bridgehead atoms. The fourth-order valence-corrected chi connectivity index (χ4v) is 3.50. The van der Waals surface area contributed by atoms with Gasteiger partial charge in [-0.1, -0.05) is 39.7 Å². The fraction of sp³-hybridized carbons (Fsp3) is 0.0909. The predicted octanol–water partition coefficient (Wildman–Crippen LogP) is 6.77. The molecule has 0 aliphatic rings. The summed E-state index contributed by atoms with van der Waals surface area (Å²) in [6.45, 7) is 2.31. The molecule has 0 aliphatic heterocycles. The number of fused-ring (bicyclic) bond motifs is 1. The Hall–Kier alpha value is -2.83. The van der Waals surface area contributed by atoms with E-state index in [4.69, 9.17) is 20.8 Å². The van der Waals surface area contributed by atoms with Crippen molar-refractivity contribution >= 4 is 50.5 Å². The molecule has 4 rings (SSSR count). The SMILES string of the molecule is CCOc1cc(Br)cc(C=Nc2ccc(Cl)c(-c3nc4ccccc4o3)c2)c1O. The van der Waals surface area contributed by atoms with Crippen LogP contribution in [-0.4, -0.2) is 22.9 Å². The highest BCUT2D eigenvalue weighted by atomic mass is 79.9. The first-order chi connectivity index (χ1) is 14.0. The van der Waals surface area contributed by atoms with Crippen molar-refractivity contribution in [1.82, 2.24) is 4.98 Å². The molecule has 7 heteroatoms. The number of aromatic hydroxyl groups is 1. The van der Waals surface area contributed by atoms with E-state index in [1.807, 2.05) is 31.2 Å². The number of hydrogen-bond acceptors (Lipinski definition) is 5. The summed E-state index contributed by atoms with van der Waals surface area (Å²) in [5, 5.41) is 10.9. The van der Waals surface area contributed by atoms with Crippen LogP contribution in [-0.2, 0) is 0 Å². The number of phenolic OH excluding ortho intramolecular Hbond substituents is 1. The summed E-state index contributed by atoms with van der Waals surface area (Å²) < 4.78 is 12.1. The van der Waals surface area contributed by atoms with Gasteiger partial charge in [0.05, 0.1) is 22.9 Å². The maximum absolute atomic E-state index is 10.4. The van der Waals surface area contributed by atoms with Crippen LogP contribution in [0.25, 0.3) is 22.6 Å². The largest absolute Gasteiger partial charge is 0.504 e. The van der Waals surface area contributed by atoms with E-state index >= 15 is 0 Å². The van der Waals surface area contributed by atoms with Crippen molar-refractivity contribution in [3.63, 3.8) is 0 Å². The molecule has 146 valence electrons. The lowest BCUT2D eigenvalue weighted by atomic mass is 10.2. The zero-order valence-corrected chi connectivity index (χ0v) is 17.7. The van der Waals surface area contributed by atoms with Gasteiger partial charge >= 0.3 is 0 Å². The van der Waals surface area contributed by atoms with Gasteiger partial charge in [-0.05, 0) is 49.4 Å². The molecule has 1 heterocycles. The second-order valence-electron chi connectivity index (χ2n) is 6.18. The zero-order valence-electron chi connectivity index (χ0n) is 15.4. The molecular formula is C22H16BrClN2O3. The second kappa shape index (κ2) is 8.27. The lowest BCUT2D eigenvalue weighted by Crippen LogP contribution is -1.94. The van der Waals surface area contributed by atoms with Crippen LogP contribution in [0.1, 0.15) is 12.5 Å². The Kier molecular flexibility index (Phi) is 5.56. The third kappa shape index (κ3) is 4.13. The molecule has 5 nitrogen and oxygen atoms in total. The van der Waals surface area contributed by atoms with E-state index in [0.717, 1.165) is 9.99 Å². The number of aliphatic imine (C=N–C) groups is 1. The maximum atomic E-state index is 10.4. The van der Waals surface area contributed by atoms with E-state index < -0.39 is 0 Å². The van der Waals surface area contributed by atoms with Gasteiger partial charge < -0.3 is 14.3 Å². The van der Waals surface area contributed by atoms with Crippen molar-refractivity contribution < 1.29 is 14.3 Å². The minimum Gasteiger partial charge on any atom is -0.504 e. The van der Waals surface area contributed by atoms with Gasteiger partial charge in [-0.15, -0.1) is 0 Å². The van der Waals surface area contributed by atoms with Gasteiger partial charge in [-0.25, -0.2) is 4.98 Å². The second-order valence-corrected chi connectivity index (χ2v) is 7.51. The number of nitrogens with zero attached hydrogens (tertiary/aromatic N) is 2. The standard InChI is InChI=1S/C22H16BrClN2O3/c1-2-28-20-10-14(23)9-13(21(20)27)12-25-15-7-8-17(24)16(11-15)22-26-18-5-3-4-6-19(18)29-22/h3-12,27H,2H2,1H3. The lowest BCUT2D eigenvalue weighted by molar-refractivity contribution is 0.317. The van der Waals surface area contributed by atoms with E-state index in [1.165, 1.54) is 0 Å². The molecular weight excluding hydrogens is 456 g/mol. The first-order valence-corrected chi connectivity index (χ1v) is 10.1. The number of halogens is 2. The van der Waals surface area contributed by atoms with E-state index in [9.17, 15) is 5.11 Å². The van der Waals surface area contributed by atoms with Crippen LogP contribution in [0, 0.1) is 0 Å². The molecule has 0 amide bonds. The van der Waals surface area contributed by atoms with Crippen molar-refractivity contribution in [3.05, 3.63) is 69.7 Å². The average Bonchev–Trinajstić information content (AvgIpc) is 3.14. The first-order valence-electron chi connectivity index (χ1n) is 8.90. The third-order valence-electron chi connectivity index (χ3n) is 4.20. The molecule has 3 aromatic carbocycles. The number of para-hydroxylation sites is 2. The maximum Gasteiger partial charge on any atom is 0.228 e. The van der Waals surface area contributed by atoms with Gasteiger partial charge in [-0.2, -0.15) is 0 Å². The minimum absolute atomic E-state index is 0.0342. The summed E-state index contributed by atoms with van der Waals surface area (Å²) in [6.07, 6.45) is 1.57. The van der Waals surface area contributed by atoms with Crippen LogP contribution in [0.4, 0.5) is 5.69 Å². The smallest absolute Gasteiger partial charge is 0.228 e. The van der Waals surface area contributed by atoms with Crippen molar-refractivity contribution in [2.45, 2.75) is 6.92 Å². The van der Waals surface area contributed by atoms with Gasteiger partial charge in [0.2, 0.25) is 5.89 Å². The van der Waals surface area contributed by atoms with Crippen molar-refractivity contribution in [2.24, 2.45) is 4.99 Å². The van der Waals surface area contributed by atoms with Crippen LogP contribution < -0.4 is 4.74 Å². The molecule has 0 saturated heterocycles. The summed E-state index contributed by atoms with van der Waals surface area (Å²) >= 11 is 9.78. The summed E-state index contributed by atoms with van der Waals surface area (Å²) in [4.78, 5) is 8.97. The number of benzene rings is 3. The number of phenols is 1. The van der Waals surface area contributed by atoms with E-state index in [-0.39, 0.29) is 5.75 Å².